The quantitative estimate of drug-likeness (QED) is 0.401. The van der Waals surface area contributed by atoms with Crippen molar-refractivity contribution in [1.29, 1.82) is 0 Å². The third-order valence-electron chi connectivity index (χ3n) is 5.55. The van der Waals surface area contributed by atoms with Crippen LogP contribution in [0.4, 0.5) is 0 Å². The zero-order chi connectivity index (χ0) is 18.3. The van der Waals surface area contributed by atoms with Crippen LogP contribution in [0.3, 0.4) is 0 Å². The number of nitrogens with zero attached hydrogens (tertiary/aromatic N) is 1. The Morgan fingerprint density at radius 3 is 2.37 bits per heavy atom. The molecule has 0 radical (unpaired) electrons. The van der Waals surface area contributed by atoms with E-state index in [2.05, 4.69) is 6.07 Å². The fraction of sp³-hybridized carbons (Fsp3) is 0. The average molecular weight is 370 g/mol. The van der Waals surface area contributed by atoms with Gasteiger partial charge in [0.1, 0.15) is 0 Å². The predicted molar refractivity (Wildman–Crippen MR) is 108 cm³/mol. The van der Waals surface area contributed by atoms with Crippen LogP contribution in [0.5, 0.6) is 0 Å². The molecule has 4 nitrogen and oxygen atoms in total. The maximum absolute atomic E-state index is 13.1. The van der Waals surface area contributed by atoms with Crippen molar-refractivity contribution in [3.63, 3.8) is 0 Å². The van der Waals surface area contributed by atoms with Crippen molar-refractivity contribution >= 4 is 42.4 Å². The number of aromatic nitrogens is 1. The molecule has 1 aromatic heterocycles. The van der Waals surface area contributed by atoms with Gasteiger partial charge < -0.3 is 5.84 Å². The van der Waals surface area contributed by atoms with E-state index >= 15 is 0 Å². The lowest BCUT2D eigenvalue weighted by atomic mass is 10.0. The van der Waals surface area contributed by atoms with Crippen molar-refractivity contribution in [3.05, 3.63) is 72.8 Å². The first-order valence-electron chi connectivity index (χ1n) is 8.67. The fourth-order valence-electron chi connectivity index (χ4n) is 4.32. The molecule has 2 N–H and O–H groups in total. The monoisotopic (exact) mass is 370 g/mol. The van der Waals surface area contributed by atoms with Gasteiger partial charge in [-0.3, -0.25) is 4.68 Å². The van der Waals surface area contributed by atoms with E-state index in [-0.39, 0.29) is 0 Å². The topological polar surface area (TPSA) is 65.1 Å². The van der Waals surface area contributed by atoms with Gasteiger partial charge in [0.25, 0.3) is 0 Å². The molecule has 0 saturated carbocycles. The van der Waals surface area contributed by atoms with E-state index in [1.54, 1.807) is 22.9 Å². The van der Waals surface area contributed by atoms with Crippen LogP contribution in [0, 0.1) is 0 Å². The van der Waals surface area contributed by atoms with Gasteiger partial charge in [-0.15, -0.1) is 0 Å². The van der Waals surface area contributed by atoms with Gasteiger partial charge >= 0.3 is 0 Å². The van der Waals surface area contributed by atoms with Crippen molar-refractivity contribution in [3.8, 4) is 11.1 Å². The Morgan fingerprint density at radius 1 is 0.704 bits per heavy atom. The normalized spacial score (nSPS) is 14.7. The molecule has 27 heavy (non-hydrogen) atoms. The molecule has 0 bridgehead atoms. The van der Waals surface area contributed by atoms with E-state index in [1.165, 1.54) is 0 Å². The van der Waals surface area contributed by atoms with Crippen molar-refractivity contribution < 1.29 is 8.42 Å². The second-order valence-corrected chi connectivity index (χ2v) is 8.80. The first-order valence-corrected chi connectivity index (χ1v) is 10.2. The molecule has 130 valence electrons. The van der Waals surface area contributed by atoms with Gasteiger partial charge in [-0.1, -0.05) is 48.5 Å². The smallest absolute Gasteiger partial charge is 0.207 e. The minimum atomic E-state index is -3.52. The highest BCUT2D eigenvalue weighted by molar-refractivity contribution is 7.92. The average Bonchev–Trinajstić information content (AvgIpc) is 3.10. The maximum atomic E-state index is 13.1. The van der Waals surface area contributed by atoms with Crippen molar-refractivity contribution in [1.82, 2.24) is 4.68 Å². The van der Waals surface area contributed by atoms with E-state index in [0.717, 1.165) is 43.7 Å². The molecule has 2 heterocycles. The lowest BCUT2D eigenvalue weighted by Crippen LogP contribution is -2.06. The number of sulfone groups is 1. The van der Waals surface area contributed by atoms with Crippen LogP contribution in [0.15, 0.2) is 82.6 Å². The van der Waals surface area contributed by atoms with Crippen LogP contribution in [0.25, 0.3) is 43.7 Å². The van der Waals surface area contributed by atoms with Crippen molar-refractivity contribution in [2.45, 2.75) is 9.79 Å². The van der Waals surface area contributed by atoms with Crippen LogP contribution in [-0.2, 0) is 9.84 Å². The second-order valence-electron chi connectivity index (χ2n) is 6.92. The number of benzene rings is 4. The van der Waals surface area contributed by atoms with E-state index in [1.807, 2.05) is 48.5 Å². The van der Waals surface area contributed by atoms with E-state index in [9.17, 15) is 8.42 Å². The SMILES string of the molecule is Nn1c2cc3c(cc2c2c4ccccc4ccc21)S(=O)(=O)c1ccccc1-3. The van der Waals surface area contributed by atoms with Gasteiger partial charge in [-0.25, -0.2) is 8.42 Å². The molecule has 1 aliphatic heterocycles. The number of hydrogen-bond donors (Lipinski definition) is 1. The molecular formula is C22H14N2O2S. The summed E-state index contributed by atoms with van der Waals surface area (Å²) in [6, 6.07) is 22.9. The number of hydrogen-bond acceptors (Lipinski definition) is 3. The molecule has 0 unspecified atom stereocenters. The zero-order valence-electron chi connectivity index (χ0n) is 14.2. The third kappa shape index (κ3) is 1.70. The van der Waals surface area contributed by atoms with Gasteiger partial charge in [-0.2, -0.15) is 0 Å². The second kappa shape index (κ2) is 4.69. The molecule has 5 heteroatoms. The fourth-order valence-corrected chi connectivity index (χ4v) is 6.01. The summed E-state index contributed by atoms with van der Waals surface area (Å²) in [6.07, 6.45) is 0. The molecule has 0 saturated heterocycles. The van der Waals surface area contributed by atoms with Gasteiger partial charge in [0, 0.05) is 21.9 Å². The Bertz CT molecular complexity index is 1550. The van der Waals surface area contributed by atoms with Crippen LogP contribution in [0.1, 0.15) is 0 Å². The van der Waals surface area contributed by atoms with E-state index in [4.69, 9.17) is 5.84 Å². The molecule has 0 atom stereocenters. The summed E-state index contributed by atoms with van der Waals surface area (Å²) < 4.78 is 27.8. The van der Waals surface area contributed by atoms with E-state index in [0.29, 0.717) is 9.79 Å². The first kappa shape index (κ1) is 14.8. The summed E-state index contributed by atoms with van der Waals surface area (Å²) in [5.74, 6) is 6.41. The Morgan fingerprint density at radius 2 is 1.48 bits per heavy atom. The molecule has 4 aromatic carbocycles. The van der Waals surface area contributed by atoms with Crippen LogP contribution in [0.2, 0.25) is 0 Å². The Balaban J connectivity index is 1.86. The van der Waals surface area contributed by atoms with Gasteiger partial charge in [0.05, 0.1) is 20.8 Å². The van der Waals surface area contributed by atoms with E-state index < -0.39 is 9.84 Å². The maximum Gasteiger partial charge on any atom is 0.207 e. The Labute approximate surface area is 155 Å². The summed E-state index contributed by atoms with van der Waals surface area (Å²) in [5, 5.41) is 4.01. The largest absolute Gasteiger partial charge is 0.339 e. The summed E-state index contributed by atoms with van der Waals surface area (Å²) in [5.41, 5.74) is 3.17. The number of nitrogen functional groups attached to an aromatic ring is 1. The molecule has 0 fully saturated rings. The van der Waals surface area contributed by atoms with Gasteiger partial charge in [-0.05, 0) is 35.0 Å². The zero-order valence-corrected chi connectivity index (χ0v) is 15.0. The minimum absolute atomic E-state index is 0.358. The summed E-state index contributed by atoms with van der Waals surface area (Å²) in [6.45, 7) is 0. The third-order valence-corrected chi connectivity index (χ3v) is 7.40. The molecular weight excluding hydrogens is 356 g/mol. The molecule has 6 rings (SSSR count). The lowest BCUT2D eigenvalue weighted by molar-refractivity contribution is 0.599. The number of fused-ring (bicyclic) bond motifs is 8. The van der Waals surface area contributed by atoms with Gasteiger partial charge in [0.15, 0.2) is 0 Å². The Kier molecular flexibility index (Phi) is 2.58. The standard InChI is InChI=1S/C22H14N2O2S/c23-24-18-10-9-13-5-1-2-6-14(13)22(18)17-12-21-16(11-19(17)24)15-7-3-4-8-20(15)27(21,25)26/h1-12H,23H2. The molecule has 5 aromatic rings. The van der Waals surface area contributed by atoms with Gasteiger partial charge in [0.2, 0.25) is 9.84 Å². The van der Waals surface area contributed by atoms with Crippen LogP contribution in [-0.4, -0.2) is 13.1 Å². The number of nitrogens with two attached hydrogens (primary N) is 1. The number of rotatable bonds is 0. The predicted octanol–water partition coefficient (Wildman–Crippen LogP) is 4.47. The molecule has 0 spiro atoms. The van der Waals surface area contributed by atoms with Crippen molar-refractivity contribution in [2.75, 3.05) is 5.84 Å². The molecule has 1 aliphatic rings. The Hall–Kier alpha value is -3.31. The summed E-state index contributed by atoms with van der Waals surface area (Å²) in [4.78, 5) is 0.724. The molecule has 0 amide bonds. The summed E-state index contributed by atoms with van der Waals surface area (Å²) in [7, 11) is -3.52. The lowest BCUT2D eigenvalue weighted by Gasteiger charge is -2.02. The highest BCUT2D eigenvalue weighted by atomic mass is 32.2. The highest BCUT2D eigenvalue weighted by Crippen LogP contribution is 2.46. The summed E-state index contributed by atoms with van der Waals surface area (Å²) >= 11 is 0. The minimum Gasteiger partial charge on any atom is -0.339 e. The first-order chi connectivity index (χ1) is 13.1. The molecule has 0 aliphatic carbocycles. The highest BCUT2D eigenvalue weighted by Gasteiger charge is 2.33. The van der Waals surface area contributed by atoms with Crippen molar-refractivity contribution in [2.24, 2.45) is 0 Å². The van der Waals surface area contributed by atoms with Crippen LogP contribution < -0.4 is 5.84 Å². The van der Waals surface area contributed by atoms with Crippen LogP contribution >= 0.6 is 0 Å².